The first-order valence-corrected chi connectivity index (χ1v) is 9.43. The first-order chi connectivity index (χ1) is 13.1. The Morgan fingerprint density at radius 1 is 1.18 bits per heavy atom. The molecule has 0 saturated carbocycles. The molecule has 2 amide bonds. The van der Waals surface area contributed by atoms with E-state index in [0.717, 1.165) is 39.3 Å². The minimum absolute atomic E-state index is 0. The van der Waals surface area contributed by atoms with Gasteiger partial charge in [0.25, 0.3) is 0 Å². The van der Waals surface area contributed by atoms with E-state index in [9.17, 15) is 9.59 Å². The van der Waals surface area contributed by atoms with Crippen molar-refractivity contribution >= 4 is 29.9 Å². The minimum Gasteiger partial charge on any atom is -0.379 e. The molecular weight excluding hydrogens is 380 g/mol. The number of hydrogen-bond donors (Lipinski definition) is 2. The number of anilines is 1. The molecule has 2 N–H and O–H groups in total. The maximum absolute atomic E-state index is 12.1. The summed E-state index contributed by atoms with van der Waals surface area (Å²) in [5.74, 6) is -0.189. The van der Waals surface area contributed by atoms with Crippen molar-refractivity contribution in [3.05, 3.63) is 29.8 Å². The number of nitrogens with zero attached hydrogens (tertiary/aromatic N) is 2. The van der Waals surface area contributed by atoms with Crippen LogP contribution in [0.1, 0.15) is 31.7 Å². The average Bonchev–Trinajstić information content (AvgIpc) is 2.66. The van der Waals surface area contributed by atoms with E-state index in [2.05, 4.69) is 15.5 Å². The predicted molar refractivity (Wildman–Crippen MR) is 110 cm³/mol. The van der Waals surface area contributed by atoms with Crippen LogP contribution in [0.3, 0.4) is 0 Å². The van der Waals surface area contributed by atoms with Gasteiger partial charge in [-0.25, -0.2) is 0 Å². The number of carbonyl (C=O) groups is 2. The van der Waals surface area contributed by atoms with Crippen molar-refractivity contribution in [2.75, 3.05) is 44.7 Å². The molecule has 1 aromatic carbocycles. The van der Waals surface area contributed by atoms with Crippen molar-refractivity contribution in [3.63, 3.8) is 0 Å². The fourth-order valence-corrected chi connectivity index (χ4v) is 2.97. The third-order valence-corrected chi connectivity index (χ3v) is 4.44. The fourth-order valence-electron chi connectivity index (χ4n) is 2.97. The molecule has 28 heavy (non-hydrogen) atoms. The van der Waals surface area contributed by atoms with E-state index in [1.807, 2.05) is 13.0 Å². The smallest absolute Gasteiger partial charge is 0.224 e. The SMILES string of the molecule is CC(CC(=O)NCCCN1CCOCC1)CC(=O)Nc1ccc(C#N)cc1.Cl. The molecule has 8 heteroatoms. The Kier molecular flexibility index (Phi) is 11.2. The average molecular weight is 409 g/mol. The van der Waals surface area contributed by atoms with Crippen LogP contribution < -0.4 is 10.6 Å². The summed E-state index contributed by atoms with van der Waals surface area (Å²) in [4.78, 5) is 26.4. The van der Waals surface area contributed by atoms with Crippen LogP contribution in [0.5, 0.6) is 0 Å². The van der Waals surface area contributed by atoms with Crippen LogP contribution in [0.15, 0.2) is 24.3 Å². The standard InChI is InChI=1S/C20H28N4O3.ClH/c1-16(14-20(26)23-18-5-3-17(15-21)4-6-18)13-19(25)22-7-2-8-24-9-11-27-12-10-24;/h3-6,16H,2,7-14H2,1H3,(H,22,25)(H,23,26);1H. The molecule has 0 bridgehead atoms. The molecule has 0 aliphatic carbocycles. The van der Waals surface area contributed by atoms with E-state index in [1.54, 1.807) is 24.3 Å². The molecule has 1 atom stereocenters. The Hall–Kier alpha value is -2.14. The molecule has 0 aromatic heterocycles. The zero-order valence-corrected chi connectivity index (χ0v) is 17.1. The summed E-state index contributed by atoms with van der Waals surface area (Å²) in [5, 5.41) is 14.5. The summed E-state index contributed by atoms with van der Waals surface area (Å²) >= 11 is 0. The molecule has 0 radical (unpaired) electrons. The van der Waals surface area contributed by atoms with Crippen molar-refractivity contribution in [3.8, 4) is 6.07 Å². The Morgan fingerprint density at radius 3 is 2.46 bits per heavy atom. The number of carbonyl (C=O) groups excluding carboxylic acids is 2. The Bertz CT molecular complexity index is 654. The summed E-state index contributed by atoms with van der Waals surface area (Å²) in [6, 6.07) is 8.74. The van der Waals surface area contributed by atoms with Gasteiger partial charge in [0.15, 0.2) is 0 Å². The quantitative estimate of drug-likeness (QED) is 0.610. The van der Waals surface area contributed by atoms with Gasteiger partial charge in [-0.1, -0.05) is 6.92 Å². The number of hydrogen-bond acceptors (Lipinski definition) is 5. The van der Waals surface area contributed by atoms with Crippen LogP contribution in [0.2, 0.25) is 0 Å². The highest BCUT2D eigenvalue weighted by molar-refractivity contribution is 5.91. The summed E-state index contributed by atoms with van der Waals surface area (Å²) in [6.45, 7) is 7.00. The van der Waals surface area contributed by atoms with Crippen LogP contribution in [-0.2, 0) is 14.3 Å². The van der Waals surface area contributed by atoms with Gasteiger partial charge in [-0.15, -0.1) is 12.4 Å². The number of halogens is 1. The molecule has 7 nitrogen and oxygen atoms in total. The summed E-state index contributed by atoms with van der Waals surface area (Å²) in [5.41, 5.74) is 1.20. The van der Waals surface area contributed by atoms with E-state index in [0.29, 0.717) is 24.2 Å². The second kappa shape index (κ2) is 13.1. The lowest BCUT2D eigenvalue weighted by atomic mass is 10.0. The highest BCUT2D eigenvalue weighted by Gasteiger charge is 2.14. The fraction of sp³-hybridized carbons (Fsp3) is 0.550. The van der Waals surface area contributed by atoms with Crippen molar-refractivity contribution in [1.29, 1.82) is 5.26 Å². The second-order valence-corrected chi connectivity index (χ2v) is 6.91. The highest BCUT2D eigenvalue weighted by atomic mass is 35.5. The maximum atomic E-state index is 12.1. The molecule has 0 spiro atoms. The summed E-state index contributed by atoms with van der Waals surface area (Å²) in [6.07, 6.45) is 1.53. The molecular formula is C20H29ClN4O3. The van der Waals surface area contributed by atoms with Crippen molar-refractivity contribution in [2.24, 2.45) is 5.92 Å². The lowest BCUT2D eigenvalue weighted by Gasteiger charge is -2.26. The zero-order valence-electron chi connectivity index (χ0n) is 16.3. The largest absolute Gasteiger partial charge is 0.379 e. The molecule has 2 rings (SSSR count). The Labute approximate surface area is 172 Å². The van der Waals surface area contributed by atoms with Gasteiger partial charge in [0.1, 0.15) is 0 Å². The van der Waals surface area contributed by atoms with Gasteiger partial charge in [0, 0.05) is 38.2 Å². The summed E-state index contributed by atoms with van der Waals surface area (Å²) < 4.78 is 5.31. The van der Waals surface area contributed by atoms with Crippen LogP contribution in [0.4, 0.5) is 5.69 Å². The number of benzene rings is 1. The first-order valence-electron chi connectivity index (χ1n) is 9.43. The summed E-state index contributed by atoms with van der Waals surface area (Å²) in [7, 11) is 0. The van der Waals surface area contributed by atoms with Gasteiger partial charge < -0.3 is 15.4 Å². The third kappa shape index (κ3) is 9.18. The van der Waals surface area contributed by atoms with E-state index >= 15 is 0 Å². The van der Waals surface area contributed by atoms with Gasteiger partial charge in [0.05, 0.1) is 24.8 Å². The Balaban J connectivity index is 0.00000392. The van der Waals surface area contributed by atoms with E-state index in [-0.39, 0.29) is 36.6 Å². The molecule has 1 aromatic rings. The predicted octanol–water partition coefficient (Wildman–Crippen LogP) is 2.17. The van der Waals surface area contributed by atoms with E-state index in [4.69, 9.17) is 10.00 Å². The number of nitrogens with one attached hydrogen (secondary N) is 2. The van der Waals surface area contributed by atoms with Gasteiger partial charge in [-0.3, -0.25) is 14.5 Å². The maximum Gasteiger partial charge on any atom is 0.224 e. The van der Waals surface area contributed by atoms with Crippen molar-refractivity contribution < 1.29 is 14.3 Å². The van der Waals surface area contributed by atoms with E-state index < -0.39 is 0 Å². The van der Waals surface area contributed by atoms with Crippen LogP contribution in [0, 0.1) is 17.2 Å². The van der Waals surface area contributed by atoms with Crippen molar-refractivity contribution in [1.82, 2.24) is 10.2 Å². The Morgan fingerprint density at radius 2 is 1.82 bits per heavy atom. The third-order valence-electron chi connectivity index (χ3n) is 4.44. The topological polar surface area (TPSA) is 94.5 Å². The highest BCUT2D eigenvalue weighted by Crippen LogP contribution is 2.12. The molecule has 1 aliphatic rings. The van der Waals surface area contributed by atoms with Crippen LogP contribution in [0.25, 0.3) is 0 Å². The van der Waals surface area contributed by atoms with Gasteiger partial charge in [0.2, 0.25) is 11.8 Å². The molecule has 1 aliphatic heterocycles. The lowest BCUT2D eigenvalue weighted by molar-refractivity contribution is -0.122. The molecule has 1 heterocycles. The van der Waals surface area contributed by atoms with Crippen LogP contribution in [-0.4, -0.2) is 56.1 Å². The number of rotatable bonds is 9. The van der Waals surface area contributed by atoms with Crippen LogP contribution >= 0.6 is 12.4 Å². The molecule has 1 fully saturated rings. The number of ether oxygens (including phenoxy) is 1. The second-order valence-electron chi connectivity index (χ2n) is 6.91. The number of amides is 2. The van der Waals surface area contributed by atoms with Crippen molar-refractivity contribution in [2.45, 2.75) is 26.2 Å². The normalized spacial score (nSPS) is 15.0. The molecule has 154 valence electrons. The molecule has 1 saturated heterocycles. The monoisotopic (exact) mass is 408 g/mol. The van der Waals surface area contributed by atoms with E-state index in [1.165, 1.54) is 0 Å². The number of morpholine rings is 1. The molecule has 1 unspecified atom stereocenters. The lowest BCUT2D eigenvalue weighted by Crippen LogP contribution is -2.38. The van der Waals surface area contributed by atoms with Gasteiger partial charge >= 0.3 is 0 Å². The van der Waals surface area contributed by atoms with Gasteiger partial charge in [-0.2, -0.15) is 5.26 Å². The first kappa shape index (κ1) is 23.9. The van der Waals surface area contributed by atoms with Gasteiger partial charge in [-0.05, 0) is 43.1 Å². The minimum atomic E-state index is -0.132. The number of nitriles is 1. The zero-order chi connectivity index (χ0) is 19.5.